The first-order valence-corrected chi connectivity index (χ1v) is 12.1. The van der Waals surface area contributed by atoms with E-state index in [2.05, 4.69) is 29.6 Å². The number of rotatable bonds is 6. The molecule has 2 aromatic rings. The monoisotopic (exact) mass is 462 g/mol. The first-order chi connectivity index (χ1) is 16.5. The highest BCUT2D eigenvalue weighted by molar-refractivity contribution is 5.81. The number of carboxylic acids is 1. The zero-order valence-corrected chi connectivity index (χ0v) is 19.1. The Labute approximate surface area is 199 Å². The van der Waals surface area contributed by atoms with E-state index in [0.29, 0.717) is 25.9 Å². The normalized spacial score (nSPS) is 23.4. The number of ether oxygens (including phenoxy) is 1. The number of carbonyl (C=O) groups excluding carboxylic acids is 2. The molecule has 5 rings (SSSR count). The van der Waals surface area contributed by atoms with Gasteiger partial charge in [0.15, 0.2) is 0 Å². The van der Waals surface area contributed by atoms with E-state index in [0.717, 1.165) is 12.8 Å². The summed E-state index contributed by atoms with van der Waals surface area (Å²) >= 11 is 0. The van der Waals surface area contributed by atoms with Crippen LogP contribution in [-0.2, 0) is 14.3 Å². The summed E-state index contributed by atoms with van der Waals surface area (Å²) in [6, 6.07) is 16.4. The van der Waals surface area contributed by atoms with Crippen LogP contribution in [0.15, 0.2) is 48.5 Å². The summed E-state index contributed by atoms with van der Waals surface area (Å²) in [6.45, 7) is 1.48. The maximum absolute atomic E-state index is 12.8. The minimum Gasteiger partial charge on any atom is -0.481 e. The van der Waals surface area contributed by atoms with Crippen molar-refractivity contribution in [3.8, 4) is 11.1 Å². The molecule has 7 nitrogen and oxygen atoms in total. The highest BCUT2D eigenvalue weighted by atomic mass is 16.5. The molecule has 1 aliphatic heterocycles. The second-order valence-electron chi connectivity index (χ2n) is 9.73. The number of carbonyl (C=O) groups is 3. The van der Waals surface area contributed by atoms with Crippen LogP contribution in [0.3, 0.4) is 0 Å². The Morgan fingerprint density at radius 1 is 1.00 bits per heavy atom. The van der Waals surface area contributed by atoms with Crippen LogP contribution in [0.5, 0.6) is 0 Å². The summed E-state index contributed by atoms with van der Waals surface area (Å²) < 4.78 is 5.61. The Morgan fingerprint density at radius 3 is 2.29 bits per heavy atom. The number of carboxylic acid groups (broad SMARTS) is 1. The van der Waals surface area contributed by atoms with Crippen molar-refractivity contribution in [3.05, 3.63) is 59.7 Å². The Morgan fingerprint density at radius 2 is 1.65 bits per heavy atom. The molecule has 7 heteroatoms. The van der Waals surface area contributed by atoms with Crippen LogP contribution < -0.4 is 5.32 Å². The van der Waals surface area contributed by atoms with Gasteiger partial charge in [0.25, 0.3) is 0 Å². The van der Waals surface area contributed by atoms with Gasteiger partial charge in [0.2, 0.25) is 5.91 Å². The zero-order valence-electron chi connectivity index (χ0n) is 19.1. The van der Waals surface area contributed by atoms with Crippen molar-refractivity contribution in [1.82, 2.24) is 10.2 Å². The first-order valence-electron chi connectivity index (χ1n) is 12.1. The number of alkyl carbamates (subject to hydrolysis) is 1. The van der Waals surface area contributed by atoms with Gasteiger partial charge in [-0.1, -0.05) is 48.5 Å². The maximum atomic E-state index is 12.8. The van der Waals surface area contributed by atoms with Crippen LogP contribution in [0, 0.1) is 11.8 Å². The third-order valence-corrected chi connectivity index (χ3v) is 7.45. The Hall–Kier alpha value is -3.35. The van der Waals surface area contributed by atoms with Crippen LogP contribution >= 0.6 is 0 Å². The summed E-state index contributed by atoms with van der Waals surface area (Å²) in [5.74, 6) is -0.782. The summed E-state index contributed by atoms with van der Waals surface area (Å²) in [5.41, 5.74) is 4.73. The molecule has 34 heavy (non-hydrogen) atoms. The molecule has 1 saturated carbocycles. The summed E-state index contributed by atoms with van der Waals surface area (Å²) in [6.07, 6.45) is 2.56. The Bertz CT molecular complexity index is 1050. The van der Waals surface area contributed by atoms with Crippen molar-refractivity contribution in [1.29, 1.82) is 0 Å². The lowest BCUT2D eigenvalue weighted by atomic mass is 9.79. The van der Waals surface area contributed by atoms with E-state index in [9.17, 15) is 14.4 Å². The number of fused-ring (bicyclic) bond motifs is 3. The van der Waals surface area contributed by atoms with E-state index in [1.165, 1.54) is 22.3 Å². The second kappa shape index (κ2) is 9.49. The molecular formula is C27H30N2O5. The van der Waals surface area contributed by atoms with Crippen molar-refractivity contribution in [2.75, 3.05) is 19.7 Å². The molecule has 0 radical (unpaired) electrons. The minimum atomic E-state index is -0.810. The van der Waals surface area contributed by atoms with E-state index < -0.39 is 12.1 Å². The smallest absolute Gasteiger partial charge is 0.407 e. The van der Waals surface area contributed by atoms with Gasteiger partial charge in [0, 0.05) is 37.4 Å². The highest BCUT2D eigenvalue weighted by Gasteiger charge is 2.39. The van der Waals surface area contributed by atoms with Crippen LogP contribution in [0.25, 0.3) is 11.1 Å². The van der Waals surface area contributed by atoms with Crippen LogP contribution in [-0.4, -0.2) is 53.7 Å². The number of piperidine rings is 1. The van der Waals surface area contributed by atoms with Crippen molar-refractivity contribution in [2.45, 2.75) is 44.1 Å². The van der Waals surface area contributed by atoms with E-state index in [-0.39, 0.29) is 42.7 Å². The van der Waals surface area contributed by atoms with Crippen molar-refractivity contribution < 1.29 is 24.2 Å². The lowest BCUT2D eigenvalue weighted by Crippen LogP contribution is -2.52. The fourth-order valence-electron chi connectivity index (χ4n) is 5.68. The highest BCUT2D eigenvalue weighted by Crippen LogP contribution is 2.44. The first kappa shape index (κ1) is 22.4. The molecule has 2 aromatic carbocycles. The van der Waals surface area contributed by atoms with Crippen molar-refractivity contribution >= 4 is 18.0 Å². The number of amides is 2. The molecule has 0 bridgehead atoms. The SMILES string of the molecule is O=C(O)CC1CCCN(C(=O)C2CC(NC(=O)OCC3c4ccccc4-c4ccccc43)C2)C1. The summed E-state index contributed by atoms with van der Waals surface area (Å²) in [4.78, 5) is 38.1. The van der Waals surface area contributed by atoms with Gasteiger partial charge in [-0.05, 0) is 53.9 Å². The molecule has 1 unspecified atom stereocenters. The molecule has 1 saturated heterocycles. The maximum Gasteiger partial charge on any atom is 0.407 e. The number of likely N-dealkylation sites (tertiary alicyclic amines) is 1. The molecule has 2 amide bonds. The van der Waals surface area contributed by atoms with Crippen molar-refractivity contribution in [2.24, 2.45) is 11.8 Å². The zero-order chi connectivity index (χ0) is 23.7. The van der Waals surface area contributed by atoms with Crippen LogP contribution in [0.4, 0.5) is 4.79 Å². The second-order valence-corrected chi connectivity index (χ2v) is 9.73. The predicted molar refractivity (Wildman–Crippen MR) is 126 cm³/mol. The molecule has 0 aromatic heterocycles. The molecule has 2 N–H and O–H groups in total. The van der Waals surface area contributed by atoms with Crippen LogP contribution in [0.2, 0.25) is 0 Å². The van der Waals surface area contributed by atoms with Gasteiger partial charge in [0.1, 0.15) is 6.61 Å². The summed E-state index contributed by atoms with van der Waals surface area (Å²) in [7, 11) is 0. The molecular weight excluding hydrogens is 432 g/mol. The van der Waals surface area contributed by atoms with Crippen molar-refractivity contribution in [3.63, 3.8) is 0 Å². The fourth-order valence-corrected chi connectivity index (χ4v) is 5.68. The van der Waals surface area contributed by atoms with E-state index in [1.54, 1.807) is 0 Å². The third kappa shape index (κ3) is 4.52. The lowest BCUT2D eigenvalue weighted by molar-refractivity contribution is -0.144. The van der Waals surface area contributed by atoms with E-state index in [4.69, 9.17) is 9.84 Å². The number of nitrogens with one attached hydrogen (secondary N) is 1. The Balaban J connectivity index is 1.09. The number of hydrogen-bond acceptors (Lipinski definition) is 4. The number of hydrogen-bond donors (Lipinski definition) is 2. The molecule has 2 aliphatic carbocycles. The fraction of sp³-hybridized carbons (Fsp3) is 0.444. The van der Waals surface area contributed by atoms with Gasteiger partial charge >= 0.3 is 12.1 Å². The number of benzene rings is 2. The summed E-state index contributed by atoms with van der Waals surface area (Å²) in [5, 5.41) is 11.9. The van der Waals surface area contributed by atoms with Gasteiger partial charge < -0.3 is 20.1 Å². The topological polar surface area (TPSA) is 95.9 Å². The quantitative estimate of drug-likeness (QED) is 0.676. The van der Waals surface area contributed by atoms with E-state index in [1.807, 2.05) is 29.2 Å². The molecule has 0 spiro atoms. The largest absolute Gasteiger partial charge is 0.481 e. The minimum absolute atomic E-state index is 0.0201. The standard InChI is InChI=1S/C27H30N2O5/c30-25(31)12-17-6-5-11-29(15-17)26(32)18-13-19(14-18)28-27(33)34-16-24-22-9-3-1-7-20(22)21-8-2-4-10-23(21)24/h1-4,7-10,17-19,24H,5-6,11-16H2,(H,28,33)(H,30,31). The van der Waals surface area contributed by atoms with Crippen LogP contribution in [0.1, 0.15) is 49.1 Å². The molecule has 1 heterocycles. The lowest BCUT2D eigenvalue weighted by Gasteiger charge is -2.40. The average Bonchev–Trinajstić information content (AvgIpc) is 3.13. The van der Waals surface area contributed by atoms with E-state index >= 15 is 0 Å². The van der Waals surface area contributed by atoms with Gasteiger partial charge in [-0.2, -0.15) is 0 Å². The predicted octanol–water partition coefficient (Wildman–Crippen LogP) is 4.02. The third-order valence-electron chi connectivity index (χ3n) is 7.45. The molecule has 3 aliphatic rings. The molecule has 178 valence electrons. The number of nitrogens with zero attached hydrogens (tertiary/aromatic N) is 1. The van der Waals surface area contributed by atoms with Gasteiger partial charge in [-0.15, -0.1) is 0 Å². The number of aliphatic carboxylic acids is 1. The average molecular weight is 463 g/mol. The molecule has 2 fully saturated rings. The van der Waals surface area contributed by atoms with Gasteiger partial charge in [-0.3, -0.25) is 9.59 Å². The van der Waals surface area contributed by atoms with Gasteiger partial charge in [-0.25, -0.2) is 4.79 Å². The Kier molecular flexibility index (Phi) is 6.26. The van der Waals surface area contributed by atoms with Gasteiger partial charge in [0.05, 0.1) is 0 Å². The molecule has 1 atom stereocenters.